The van der Waals surface area contributed by atoms with Crippen molar-refractivity contribution in [1.29, 1.82) is 0 Å². The van der Waals surface area contributed by atoms with Gasteiger partial charge in [-0.15, -0.1) is 0 Å². The van der Waals surface area contributed by atoms with Gasteiger partial charge in [-0.2, -0.15) is 0 Å². The fourth-order valence-corrected chi connectivity index (χ4v) is 1.03. The van der Waals surface area contributed by atoms with Gasteiger partial charge in [0.2, 0.25) is 0 Å². The Morgan fingerprint density at radius 1 is 1.27 bits per heavy atom. The van der Waals surface area contributed by atoms with Gasteiger partial charge in [-0.1, -0.05) is 36.4 Å². The van der Waals surface area contributed by atoms with E-state index < -0.39 is 5.97 Å². The summed E-state index contributed by atoms with van der Waals surface area (Å²) >= 11 is 0. The molecule has 0 atom stereocenters. The van der Waals surface area contributed by atoms with E-state index in [1.165, 1.54) is 13.2 Å². The van der Waals surface area contributed by atoms with Gasteiger partial charge >= 0.3 is 5.97 Å². The lowest BCUT2D eigenvalue weighted by Gasteiger charge is -1.94. The van der Waals surface area contributed by atoms with Gasteiger partial charge in [0.1, 0.15) is 6.42 Å². The summed E-state index contributed by atoms with van der Waals surface area (Å²) in [4.78, 5) is 22.0. The van der Waals surface area contributed by atoms with Gasteiger partial charge in [0, 0.05) is 0 Å². The largest absolute Gasteiger partial charge is 0.469 e. The lowest BCUT2D eigenvalue weighted by Crippen LogP contribution is -2.06. The number of ether oxygens (including phenoxy) is 1. The Hall–Kier alpha value is -1.90. The van der Waals surface area contributed by atoms with Crippen LogP contribution in [0.4, 0.5) is 0 Å². The van der Waals surface area contributed by atoms with Crippen molar-refractivity contribution >= 4 is 17.8 Å². The van der Waals surface area contributed by atoms with Crippen molar-refractivity contribution in [2.24, 2.45) is 0 Å². The van der Waals surface area contributed by atoms with Crippen LogP contribution in [-0.4, -0.2) is 18.9 Å². The quantitative estimate of drug-likeness (QED) is 0.427. The predicted octanol–water partition coefficient (Wildman–Crippen LogP) is 1.83. The monoisotopic (exact) mass is 204 g/mol. The fraction of sp³-hybridized carbons (Fsp3) is 0.167. The molecule has 0 aromatic heterocycles. The van der Waals surface area contributed by atoms with Crippen molar-refractivity contribution < 1.29 is 14.3 Å². The molecular formula is C12H12O3. The lowest BCUT2D eigenvalue weighted by molar-refractivity contribution is -0.142. The number of ketones is 1. The number of carbonyl (C=O) groups is 2. The second-order valence-electron chi connectivity index (χ2n) is 2.96. The van der Waals surface area contributed by atoms with Crippen LogP contribution in [0, 0.1) is 0 Å². The van der Waals surface area contributed by atoms with Gasteiger partial charge in [0.05, 0.1) is 7.11 Å². The van der Waals surface area contributed by atoms with E-state index >= 15 is 0 Å². The topological polar surface area (TPSA) is 43.4 Å². The number of hydrogen-bond donors (Lipinski definition) is 0. The molecule has 0 radical (unpaired) electrons. The van der Waals surface area contributed by atoms with Crippen molar-refractivity contribution in [2.75, 3.05) is 7.11 Å². The Morgan fingerprint density at radius 2 is 1.93 bits per heavy atom. The van der Waals surface area contributed by atoms with Gasteiger partial charge in [0.25, 0.3) is 0 Å². The molecule has 0 unspecified atom stereocenters. The molecular weight excluding hydrogens is 192 g/mol. The molecule has 0 saturated heterocycles. The highest BCUT2D eigenvalue weighted by Crippen LogP contribution is 2.01. The van der Waals surface area contributed by atoms with Crippen LogP contribution in [0.25, 0.3) is 6.08 Å². The summed E-state index contributed by atoms with van der Waals surface area (Å²) < 4.78 is 4.38. The Morgan fingerprint density at radius 3 is 2.53 bits per heavy atom. The zero-order valence-corrected chi connectivity index (χ0v) is 8.47. The van der Waals surface area contributed by atoms with Gasteiger partial charge in [0.15, 0.2) is 5.78 Å². The van der Waals surface area contributed by atoms with Crippen LogP contribution in [0.2, 0.25) is 0 Å². The molecule has 15 heavy (non-hydrogen) atoms. The highest BCUT2D eigenvalue weighted by molar-refractivity contribution is 6.03. The molecule has 0 saturated carbocycles. The Balaban J connectivity index is 2.52. The van der Waals surface area contributed by atoms with Crippen molar-refractivity contribution in [3.05, 3.63) is 42.0 Å². The van der Waals surface area contributed by atoms with Crippen LogP contribution < -0.4 is 0 Å². The van der Waals surface area contributed by atoms with Gasteiger partial charge in [-0.3, -0.25) is 9.59 Å². The summed E-state index contributed by atoms with van der Waals surface area (Å²) in [7, 11) is 1.26. The van der Waals surface area contributed by atoms with Crippen LogP contribution in [0.3, 0.4) is 0 Å². The summed E-state index contributed by atoms with van der Waals surface area (Å²) in [6, 6.07) is 9.41. The third-order valence-corrected chi connectivity index (χ3v) is 1.81. The first-order valence-electron chi connectivity index (χ1n) is 4.55. The summed E-state index contributed by atoms with van der Waals surface area (Å²) in [5.41, 5.74) is 0.927. The number of hydrogen-bond acceptors (Lipinski definition) is 3. The van der Waals surface area contributed by atoms with E-state index in [9.17, 15) is 9.59 Å². The van der Waals surface area contributed by atoms with Crippen LogP contribution in [0.5, 0.6) is 0 Å². The normalized spacial score (nSPS) is 10.2. The molecule has 0 aliphatic heterocycles. The summed E-state index contributed by atoms with van der Waals surface area (Å²) in [5.74, 6) is -0.775. The second-order valence-corrected chi connectivity index (χ2v) is 2.96. The van der Waals surface area contributed by atoms with E-state index in [0.717, 1.165) is 5.56 Å². The van der Waals surface area contributed by atoms with E-state index in [0.29, 0.717) is 0 Å². The highest BCUT2D eigenvalue weighted by atomic mass is 16.5. The van der Waals surface area contributed by atoms with Crippen LogP contribution in [0.15, 0.2) is 36.4 Å². The van der Waals surface area contributed by atoms with Crippen molar-refractivity contribution in [1.82, 2.24) is 0 Å². The molecule has 0 aliphatic carbocycles. The summed E-state index contributed by atoms with van der Waals surface area (Å²) in [6.07, 6.45) is 2.84. The molecule has 0 fully saturated rings. The minimum atomic E-state index is -0.516. The maximum Gasteiger partial charge on any atom is 0.313 e. The SMILES string of the molecule is COC(=O)CC(=O)/C=C/c1ccccc1. The molecule has 0 spiro atoms. The molecule has 3 nitrogen and oxygen atoms in total. The third-order valence-electron chi connectivity index (χ3n) is 1.81. The van der Waals surface area contributed by atoms with E-state index in [-0.39, 0.29) is 12.2 Å². The number of benzene rings is 1. The molecule has 1 aromatic rings. The standard InChI is InChI=1S/C12H12O3/c1-15-12(14)9-11(13)8-7-10-5-3-2-4-6-10/h2-8H,9H2,1H3/b8-7+. The Labute approximate surface area is 88.4 Å². The van der Waals surface area contributed by atoms with E-state index in [1.807, 2.05) is 30.3 Å². The minimum Gasteiger partial charge on any atom is -0.469 e. The first kappa shape index (κ1) is 11.2. The first-order valence-corrected chi connectivity index (χ1v) is 4.55. The van der Waals surface area contributed by atoms with Gasteiger partial charge in [-0.05, 0) is 11.6 Å². The lowest BCUT2D eigenvalue weighted by atomic mass is 10.2. The second kappa shape index (κ2) is 5.75. The maximum absolute atomic E-state index is 11.2. The average molecular weight is 204 g/mol. The molecule has 0 amide bonds. The Kier molecular flexibility index (Phi) is 4.29. The Bertz CT molecular complexity index is 366. The van der Waals surface area contributed by atoms with Crippen molar-refractivity contribution in [3.8, 4) is 0 Å². The molecule has 1 aromatic carbocycles. The van der Waals surface area contributed by atoms with E-state index in [4.69, 9.17) is 0 Å². The zero-order valence-electron chi connectivity index (χ0n) is 8.47. The summed E-state index contributed by atoms with van der Waals surface area (Å²) in [5, 5.41) is 0. The zero-order chi connectivity index (χ0) is 11.1. The average Bonchev–Trinajstić information content (AvgIpc) is 2.27. The molecule has 0 bridgehead atoms. The van der Waals surface area contributed by atoms with E-state index in [1.54, 1.807) is 6.08 Å². The number of esters is 1. The number of allylic oxidation sites excluding steroid dienone is 1. The van der Waals surface area contributed by atoms with E-state index in [2.05, 4.69) is 4.74 Å². The predicted molar refractivity (Wildman–Crippen MR) is 57.1 cm³/mol. The number of methoxy groups -OCH3 is 1. The molecule has 3 heteroatoms. The third kappa shape index (κ3) is 4.22. The molecule has 0 aliphatic rings. The van der Waals surface area contributed by atoms with Crippen LogP contribution in [0.1, 0.15) is 12.0 Å². The number of rotatable bonds is 4. The van der Waals surface area contributed by atoms with Crippen LogP contribution in [-0.2, 0) is 14.3 Å². The smallest absolute Gasteiger partial charge is 0.313 e. The van der Waals surface area contributed by atoms with Crippen molar-refractivity contribution in [2.45, 2.75) is 6.42 Å². The minimum absolute atomic E-state index is 0.208. The molecule has 78 valence electrons. The number of carbonyl (C=O) groups excluding carboxylic acids is 2. The maximum atomic E-state index is 11.2. The highest BCUT2D eigenvalue weighted by Gasteiger charge is 2.05. The fourth-order valence-electron chi connectivity index (χ4n) is 1.03. The van der Waals surface area contributed by atoms with Gasteiger partial charge < -0.3 is 4.74 Å². The molecule has 0 heterocycles. The molecule has 1 rings (SSSR count). The summed E-state index contributed by atoms with van der Waals surface area (Å²) in [6.45, 7) is 0. The molecule has 0 N–H and O–H groups in total. The first-order chi connectivity index (χ1) is 7.22. The van der Waals surface area contributed by atoms with Crippen molar-refractivity contribution in [3.63, 3.8) is 0 Å². The van der Waals surface area contributed by atoms with Gasteiger partial charge in [-0.25, -0.2) is 0 Å². The van der Waals surface area contributed by atoms with Crippen LogP contribution >= 0.6 is 0 Å².